The van der Waals surface area contributed by atoms with E-state index in [1.807, 2.05) is 0 Å². The van der Waals surface area contributed by atoms with Crippen LogP contribution in [-0.2, 0) is 10.9 Å². The first-order valence-corrected chi connectivity index (χ1v) is 7.57. The third-order valence-electron chi connectivity index (χ3n) is 3.39. The Hall–Kier alpha value is -2.61. The summed E-state index contributed by atoms with van der Waals surface area (Å²) in [6, 6.07) is 6.71. The molecule has 0 spiro atoms. The molecule has 0 aliphatic heterocycles. The first-order valence-electron chi connectivity index (χ1n) is 7.19. The quantitative estimate of drug-likeness (QED) is 0.648. The van der Waals surface area contributed by atoms with Crippen LogP contribution in [0.4, 0.5) is 13.2 Å². The fourth-order valence-electron chi connectivity index (χ4n) is 2.35. The van der Waals surface area contributed by atoms with Gasteiger partial charge in [0.1, 0.15) is 5.56 Å². The summed E-state index contributed by atoms with van der Waals surface area (Å²) in [7, 11) is 0. The lowest BCUT2D eigenvalue weighted by Crippen LogP contribution is -2.19. The second-order valence-electron chi connectivity index (χ2n) is 5.05. The highest BCUT2D eigenvalue weighted by Crippen LogP contribution is 2.32. The number of carbonyl (C=O) groups is 1. The standard InChI is InChI=1S/C16H11ClF3N3O2/c1-2-25-14(24)11-8-23-12(9-4-3-5-10(17)6-9)7-21-15(23)22-13(11)16(18,19)20/h3-8H,2H2,1H3. The molecule has 0 fully saturated rings. The maximum absolute atomic E-state index is 13.2. The first kappa shape index (κ1) is 17.2. The Labute approximate surface area is 145 Å². The molecule has 5 nitrogen and oxygen atoms in total. The minimum absolute atomic E-state index is 0.0563. The van der Waals surface area contributed by atoms with Crippen LogP contribution in [0.15, 0.2) is 36.7 Å². The van der Waals surface area contributed by atoms with Gasteiger partial charge in [-0.05, 0) is 19.1 Å². The summed E-state index contributed by atoms with van der Waals surface area (Å²) in [6.45, 7) is 1.45. The van der Waals surface area contributed by atoms with E-state index < -0.39 is 23.4 Å². The average molecular weight is 370 g/mol. The van der Waals surface area contributed by atoms with E-state index in [1.165, 1.54) is 17.5 Å². The van der Waals surface area contributed by atoms with Crippen molar-refractivity contribution < 1.29 is 22.7 Å². The minimum Gasteiger partial charge on any atom is -0.462 e. The Morgan fingerprint density at radius 2 is 2.12 bits per heavy atom. The third kappa shape index (κ3) is 3.30. The fourth-order valence-corrected chi connectivity index (χ4v) is 2.54. The van der Waals surface area contributed by atoms with E-state index in [9.17, 15) is 18.0 Å². The number of carbonyl (C=O) groups excluding carboxylic acids is 1. The van der Waals surface area contributed by atoms with Crippen molar-refractivity contribution in [2.24, 2.45) is 0 Å². The van der Waals surface area contributed by atoms with Gasteiger partial charge in [0.15, 0.2) is 5.69 Å². The van der Waals surface area contributed by atoms with Crippen LogP contribution < -0.4 is 0 Å². The van der Waals surface area contributed by atoms with Crippen molar-refractivity contribution in [1.29, 1.82) is 0 Å². The molecule has 0 aliphatic rings. The van der Waals surface area contributed by atoms with Crippen LogP contribution in [0.1, 0.15) is 23.0 Å². The van der Waals surface area contributed by atoms with Gasteiger partial charge in [0, 0.05) is 16.8 Å². The smallest absolute Gasteiger partial charge is 0.434 e. The van der Waals surface area contributed by atoms with E-state index in [0.29, 0.717) is 16.3 Å². The predicted octanol–water partition coefficient (Wildman–Crippen LogP) is 4.25. The van der Waals surface area contributed by atoms with Gasteiger partial charge in [-0.1, -0.05) is 23.7 Å². The second-order valence-corrected chi connectivity index (χ2v) is 5.48. The second kappa shape index (κ2) is 6.36. The van der Waals surface area contributed by atoms with Crippen molar-refractivity contribution in [3.05, 3.63) is 52.9 Å². The molecule has 0 saturated carbocycles. The number of esters is 1. The highest BCUT2D eigenvalue weighted by Gasteiger charge is 2.39. The summed E-state index contributed by atoms with van der Waals surface area (Å²) < 4.78 is 45.7. The normalized spacial score (nSPS) is 11.7. The van der Waals surface area contributed by atoms with E-state index in [0.717, 1.165) is 6.20 Å². The zero-order valence-corrected chi connectivity index (χ0v) is 13.6. The lowest BCUT2D eigenvalue weighted by molar-refractivity contribution is -0.141. The fraction of sp³-hybridized carbons (Fsp3) is 0.188. The number of imidazole rings is 1. The molecule has 1 aromatic carbocycles. The van der Waals surface area contributed by atoms with Crippen LogP contribution >= 0.6 is 11.6 Å². The summed E-state index contributed by atoms with van der Waals surface area (Å²) in [5, 5.41) is 0.456. The molecule has 3 rings (SSSR count). The zero-order chi connectivity index (χ0) is 18.2. The number of rotatable bonds is 3. The van der Waals surface area contributed by atoms with Crippen molar-refractivity contribution in [1.82, 2.24) is 14.4 Å². The van der Waals surface area contributed by atoms with Crippen LogP contribution in [-0.4, -0.2) is 26.9 Å². The molecule has 0 amide bonds. The van der Waals surface area contributed by atoms with E-state index in [1.54, 1.807) is 24.3 Å². The van der Waals surface area contributed by atoms with Crippen molar-refractivity contribution >= 4 is 23.3 Å². The van der Waals surface area contributed by atoms with Crippen LogP contribution in [0.3, 0.4) is 0 Å². The molecule has 130 valence electrons. The van der Waals surface area contributed by atoms with Crippen molar-refractivity contribution in [2.45, 2.75) is 13.1 Å². The summed E-state index contributed by atoms with van der Waals surface area (Å²) in [4.78, 5) is 19.4. The highest BCUT2D eigenvalue weighted by molar-refractivity contribution is 6.30. The Bertz CT molecular complexity index is 953. The minimum atomic E-state index is -4.81. The number of alkyl halides is 3. The van der Waals surface area contributed by atoms with Crippen molar-refractivity contribution in [3.8, 4) is 11.3 Å². The summed E-state index contributed by atoms with van der Waals surface area (Å²) >= 11 is 5.95. The monoisotopic (exact) mass is 369 g/mol. The molecule has 9 heteroatoms. The van der Waals surface area contributed by atoms with E-state index in [-0.39, 0.29) is 12.4 Å². The van der Waals surface area contributed by atoms with Gasteiger partial charge >= 0.3 is 12.1 Å². The van der Waals surface area contributed by atoms with Gasteiger partial charge < -0.3 is 4.74 Å². The van der Waals surface area contributed by atoms with Gasteiger partial charge in [0.05, 0.1) is 18.5 Å². The van der Waals surface area contributed by atoms with Gasteiger partial charge in [0.2, 0.25) is 5.78 Å². The molecule has 0 unspecified atom stereocenters. The van der Waals surface area contributed by atoms with Crippen molar-refractivity contribution in [2.75, 3.05) is 6.61 Å². The Kier molecular flexibility index (Phi) is 4.38. The van der Waals surface area contributed by atoms with E-state index >= 15 is 0 Å². The van der Waals surface area contributed by atoms with E-state index in [2.05, 4.69) is 9.97 Å². The first-order chi connectivity index (χ1) is 11.8. The Balaban J connectivity index is 2.25. The van der Waals surface area contributed by atoms with Gasteiger partial charge in [-0.15, -0.1) is 0 Å². The molecular weight excluding hydrogens is 359 g/mol. The zero-order valence-electron chi connectivity index (χ0n) is 12.8. The van der Waals surface area contributed by atoms with Gasteiger partial charge in [-0.3, -0.25) is 4.40 Å². The lowest BCUT2D eigenvalue weighted by Gasteiger charge is -2.12. The Morgan fingerprint density at radius 3 is 2.76 bits per heavy atom. The maximum atomic E-state index is 13.2. The molecule has 2 heterocycles. The number of hydrogen-bond acceptors (Lipinski definition) is 4. The predicted molar refractivity (Wildman–Crippen MR) is 84.4 cm³/mol. The molecule has 2 aromatic heterocycles. The van der Waals surface area contributed by atoms with Gasteiger partial charge in [-0.2, -0.15) is 13.2 Å². The topological polar surface area (TPSA) is 56.5 Å². The molecule has 3 aromatic rings. The number of benzene rings is 1. The Morgan fingerprint density at radius 1 is 1.36 bits per heavy atom. The van der Waals surface area contributed by atoms with Crippen LogP contribution in [0.25, 0.3) is 17.0 Å². The molecular formula is C16H11ClF3N3O2. The lowest BCUT2D eigenvalue weighted by atomic mass is 10.1. The van der Waals surface area contributed by atoms with Gasteiger partial charge in [0.25, 0.3) is 0 Å². The SMILES string of the molecule is CCOC(=O)c1cn2c(-c3cccc(Cl)c3)cnc2nc1C(F)(F)F. The van der Waals surface area contributed by atoms with Crippen LogP contribution in [0.2, 0.25) is 5.02 Å². The van der Waals surface area contributed by atoms with Crippen LogP contribution in [0.5, 0.6) is 0 Å². The number of hydrogen-bond donors (Lipinski definition) is 0. The number of fused-ring (bicyclic) bond motifs is 1. The summed E-state index contributed by atoms with van der Waals surface area (Å²) in [6.07, 6.45) is -2.42. The molecule has 0 radical (unpaired) electrons. The molecule has 0 saturated heterocycles. The number of ether oxygens (including phenoxy) is 1. The van der Waals surface area contributed by atoms with Crippen LogP contribution in [0, 0.1) is 0 Å². The average Bonchev–Trinajstić information content (AvgIpc) is 2.96. The molecule has 0 N–H and O–H groups in total. The van der Waals surface area contributed by atoms with Crippen molar-refractivity contribution in [3.63, 3.8) is 0 Å². The van der Waals surface area contributed by atoms with Gasteiger partial charge in [-0.25, -0.2) is 14.8 Å². The van der Waals surface area contributed by atoms with E-state index in [4.69, 9.17) is 16.3 Å². The largest absolute Gasteiger partial charge is 0.462 e. The number of aromatic nitrogens is 3. The number of nitrogens with zero attached hydrogens (tertiary/aromatic N) is 3. The molecule has 0 aliphatic carbocycles. The number of halogens is 4. The molecule has 25 heavy (non-hydrogen) atoms. The summed E-state index contributed by atoms with van der Waals surface area (Å²) in [5.41, 5.74) is -0.939. The molecule has 0 bridgehead atoms. The molecule has 0 atom stereocenters. The highest BCUT2D eigenvalue weighted by atomic mass is 35.5. The third-order valence-corrected chi connectivity index (χ3v) is 3.62. The maximum Gasteiger partial charge on any atom is 0.434 e. The summed E-state index contributed by atoms with van der Waals surface area (Å²) in [5.74, 6) is -1.29.